The van der Waals surface area contributed by atoms with Crippen LogP contribution >= 0.6 is 35.0 Å². The molecule has 0 aliphatic carbocycles. The molecule has 0 spiro atoms. The Bertz CT molecular complexity index is 1130. The van der Waals surface area contributed by atoms with E-state index in [1.807, 2.05) is 66.7 Å². The number of aliphatic hydroxyl groups excluding tert-OH is 1. The Morgan fingerprint density at radius 1 is 0.939 bits per heavy atom. The molecule has 3 atom stereocenters. The molecule has 33 heavy (non-hydrogen) atoms. The number of carbonyl (C=O) groups excluding carboxylic acids is 1. The second-order valence-corrected chi connectivity index (χ2v) is 9.64. The molecule has 3 aromatic rings. The van der Waals surface area contributed by atoms with Gasteiger partial charge < -0.3 is 9.84 Å². The van der Waals surface area contributed by atoms with Gasteiger partial charge in [0.15, 0.2) is 0 Å². The first-order valence-corrected chi connectivity index (χ1v) is 12.2. The molecule has 0 aromatic heterocycles. The van der Waals surface area contributed by atoms with Gasteiger partial charge in [-0.3, -0.25) is 5.32 Å². The zero-order valence-corrected chi connectivity index (χ0v) is 20.2. The summed E-state index contributed by atoms with van der Waals surface area (Å²) in [4.78, 5) is 14.0. The van der Waals surface area contributed by atoms with Crippen molar-refractivity contribution in [3.8, 4) is 0 Å². The smallest absolute Gasteiger partial charge is 0.339 e. The van der Waals surface area contributed by atoms with Crippen molar-refractivity contribution < 1.29 is 14.6 Å². The van der Waals surface area contributed by atoms with Gasteiger partial charge in [0.05, 0.1) is 29.5 Å². The molecule has 7 heteroatoms. The number of nitrogens with one attached hydrogen (secondary N) is 1. The highest BCUT2D eigenvalue weighted by Gasteiger charge is 2.42. The number of esters is 1. The number of ether oxygens (including phenoxy) is 1. The van der Waals surface area contributed by atoms with Crippen LogP contribution < -0.4 is 5.32 Å². The minimum atomic E-state index is -0.574. The summed E-state index contributed by atoms with van der Waals surface area (Å²) in [7, 11) is 0. The van der Waals surface area contributed by atoms with Crippen LogP contribution in [0.15, 0.2) is 95.1 Å². The summed E-state index contributed by atoms with van der Waals surface area (Å²) in [5, 5.41) is 15.9. The number of aliphatic hydroxyl groups is 1. The third-order valence-corrected chi connectivity index (χ3v) is 7.21. The van der Waals surface area contributed by atoms with Crippen LogP contribution in [0, 0.1) is 0 Å². The van der Waals surface area contributed by atoms with Crippen molar-refractivity contribution in [2.45, 2.75) is 29.2 Å². The molecule has 0 amide bonds. The van der Waals surface area contributed by atoms with Crippen molar-refractivity contribution in [3.63, 3.8) is 0 Å². The van der Waals surface area contributed by atoms with Crippen LogP contribution in [0.4, 0.5) is 0 Å². The third kappa shape index (κ3) is 5.39. The number of hydrogen-bond acceptors (Lipinski definition) is 5. The molecule has 0 saturated carbocycles. The lowest BCUT2D eigenvalue weighted by molar-refractivity contribution is -0.139. The van der Waals surface area contributed by atoms with Crippen LogP contribution in [-0.2, 0) is 9.53 Å². The molecule has 1 aliphatic heterocycles. The molecule has 170 valence electrons. The summed E-state index contributed by atoms with van der Waals surface area (Å²) in [6, 6.07) is 23.6. The summed E-state index contributed by atoms with van der Waals surface area (Å²) in [5.41, 5.74) is 1.95. The van der Waals surface area contributed by atoms with Crippen LogP contribution in [-0.4, -0.2) is 22.9 Å². The quantitative estimate of drug-likeness (QED) is 0.360. The maximum atomic E-state index is 13.0. The summed E-state index contributed by atoms with van der Waals surface area (Å²) in [6.45, 7) is 1.95. The summed E-state index contributed by atoms with van der Waals surface area (Å²) >= 11 is 13.7. The Balaban J connectivity index is 1.85. The SMILES string of the molecule is CCOC(=O)C1=C(O)[C@@H](Sc2ccccc2)[C@H](c2ccc(Cl)cc2)N[C@@H]1c1ccc(Cl)cc1. The van der Waals surface area contributed by atoms with Gasteiger partial charge in [-0.1, -0.05) is 65.7 Å². The molecular weight excluding hydrogens is 477 g/mol. The molecule has 0 fully saturated rings. The van der Waals surface area contributed by atoms with E-state index in [2.05, 4.69) is 5.32 Å². The number of thioether (sulfide) groups is 1. The van der Waals surface area contributed by atoms with Crippen molar-refractivity contribution in [1.29, 1.82) is 0 Å². The van der Waals surface area contributed by atoms with Crippen LogP contribution in [0.2, 0.25) is 10.0 Å². The van der Waals surface area contributed by atoms with E-state index >= 15 is 0 Å². The fraction of sp³-hybridized carbons (Fsp3) is 0.192. The zero-order valence-electron chi connectivity index (χ0n) is 17.9. The Hall–Kier alpha value is -2.44. The lowest BCUT2D eigenvalue weighted by Crippen LogP contribution is -2.43. The van der Waals surface area contributed by atoms with E-state index in [0.717, 1.165) is 16.0 Å². The molecule has 4 rings (SSSR count). The van der Waals surface area contributed by atoms with Gasteiger partial charge >= 0.3 is 5.97 Å². The van der Waals surface area contributed by atoms with Gasteiger partial charge in [-0.15, -0.1) is 11.8 Å². The van der Waals surface area contributed by atoms with E-state index in [1.165, 1.54) is 11.8 Å². The van der Waals surface area contributed by atoms with E-state index in [0.29, 0.717) is 10.0 Å². The number of hydrogen-bond donors (Lipinski definition) is 2. The van der Waals surface area contributed by atoms with Crippen LogP contribution in [0.5, 0.6) is 0 Å². The topological polar surface area (TPSA) is 58.6 Å². The number of carbonyl (C=O) groups is 1. The highest BCUT2D eigenvalue weighted by molar-refractivity contribution is 8.00. The molecule has 3 aromatic carbocycles. The molecule has 0 radical (unpaired) electrons. The number of halogens is 2. The Labute approximate surface area is 207 Å². The maximum Gasteiger partial charge on any atom is 0.339 e. The average Bonchev–Trinajstić information content (AvgIpc) is 2.82. The minimum absolute atomic E-state index is 0.000882. The molecule has 4 nitrogen and oxygen atoms in total. The fourth-order valence-corrected chi connectivity index (χ4v) is 5.34. The van der Waals surface area contributed by atoms with Crippen molar-refractivity contribution in [2.75, 3.05) is 6.61 Å². The molecule has 1 aliphatic rings. The van der Waals surface area contributed by atoms with E-state index in [4.69, 9.17) is 27.9 Å². The van der Waals surface area contributed by atoms with E-state index in [9.17, 15) is 9.90 Å². The maximum absolute atomic E-state index is 13.0. The Kier molecular flexibility index (Phi) is 7.66. The normalized spacial score (nSPS) is 20.5. The fourth-order valence-electron chi connectivity index (χ4n) is 3.87. The van der Waals surface area contributed by atoms with Gasteiger partial charge in [0.25, 0.3) is 0 Å². The highest BCUT2D eigenvalue weighted by Crippen LogP contribution is 2.44. The first-order chi connectivity index (χ1) is 16.0. The summed E-state index contributed by atoms with van der Waals surface area (Å²) in [6.07, 6.45) is 0. The Morgan fingerprint density at radius 3 is 2.09 bits per heavy atom. The van der Waals surface area contributed by atoms with Gasteiger partial charge in [0, 0.05) is 14.9 Å². The van der Waals surface area contributed by atoms with Gasteiger partial charge in [-0.05, 0) is 54.4 Å². The highest BCUT2D eigenvalue weighted by atomic mass is 35.5. The predicted octanol–water partition coefficient (Wildman–Crippen LogP) is 6.92. The zero-order chi connectivity index (χ0) is 23.4. The monoisotopic (exact) mass is 499 g/mol. The molecule has 2 N–H and O–H groups in total. The molecule has 0 saturated heterocycles. The van der Waals surface area contributed by atoms with Crippen LogP contribution in [0.3, 0.4) is 0 Å². The van der Waals surface area contributed by atoms with Crippen molar-refractivity contribution in [3.05, 3.63) is 111 Å². The number of benzene rings is 3. The molecule has 1 heterocycles. The van der Waals surface area contributed by atoms with E-state index in [-0.39, 0.29) is 24.0 Å². The van der Waals surface area contributed by atoms with Crippen molar-refractivity contribution >= 4 is 40.9 Å². The lowest BCUT2D eigenvalue weighted by atomic mass is 9.88. The minimum Gasteiger partial charge on any atom is -0.510 e. The van der Waals surface area contributed by atoms with E-state index < -0.39 is 17.3 Å². The molecular formula is C26H23Cl2NO3S. The Morgan fingerprint density at radius 2 is 1.52 bits per heavy atom. The number of rotatable bonds is 6. The second kappa shape index (κ2) is 10.7. The largest absolute Gasteiger partial charge is 0.510 e. The summed E-state index contributed by atoms with van der Waals surface area (Å²) < 4.78 is 5.33. The van der Waals surface area contributed by atoms with Crippen molar-refractivity contribution in [1.82, 2.24) is 5.32 Å². The summed E-state index contributed by atoms with van der Waals surface area (Å²) in [5.74, 6) is -0.545. The lowest BCUT2D eigenvalue weighted by Gasteiger charge is -2.38. The van der Waals surface area contributed by atoms with E-state index in [1.54, 1.807) is 19.1 Å². The molecule has 0 unspecified atom stereocenters. The predicted molar refractivity (Wildman–Crippen MR) is 134 cm³/mol. The van der Waals surface area contributed by atoms with Gasteiger partial charge in [0.2, 0.25) is 0 Å². The third-order valence-electron chi connectivity index (χ3n) is 5.42. The standard InChI is InChI=1S/C26H23Cl2NO3S/c1-2-32-26(31)21-22(16-8-12-18(27)13-9-16)29-23(17-10-14-19(28)15-11-17)25(24(21)30)33-20-6-4-3-5-7-20/h3-15,22-23,25,29-30H,2H2,1H3/t22-,23+,25+/m1/s1. The van der Waals surface area contributed by atoms with Crippen molar-refractivity contribution in [2.24, 2.45) is 0 Å². The second-order valence-electron chi connectivity index (χ2n) is 7.55. The van der Waals surface area contributed by atoms with Gasteiger partial charge in [-0.25, -0.2) is 4.79 Å². The first kappa shape index (κ1) is 23.7. The average molecular weight is 500 g/mol. The molecule has 0 bridgehead atoms. The van der Waals surface area contributed by atoms with Gasteiger partial charge in [0.1, 0.15) is 5.76 Å². The first-order valence-electron chi connectivity index (χ1n) is 10.6. The van der Waals surface area contributed by atoms with Crippen LogP contribution in [0.1, 0.15) is 30.1 Å². The van der Waals surface area contributed by atoms with Crippen LogP contribution in [0.25, 0.3) is 0 Å². The van der Waals surface area contributed by atoms with Gasteiger partial charge in [-0.2, -0.15) is 0 Å².